The van der Waals surface area contributed by atoms with Crippen molar-refractivity contribution in [3.63, 3.8) is 0 Å². The third kappa shape index (κ3) is 11.2. The van der Waals surface area contributed by atoms with Gasteiger partial charge >= 0.3 is 5.97 Å². The summed E-state index contributed by atoms with van der Waals surface area (Å²) in [5.74, 6) is -4.47. The number of phenols is 2. The lowest BCUT2D eigenvalue weighted by Crippen LogP contribution is -2.58. The number of hydrogen-bond donors (Lipinski definition) is 8. The van der Waals surface area contributed by atoms with Crippen LogP contribution in [-0.4, -0.2) is 69.1 Å². The number of carbonyl (C=O) groups excluding carboxylic acids is 4. The summed E-state index contributed by atoms with van der Waals surface area (Å²) in [4.78, 5) is 62.4. The van der Waals surface area contributed by atoms with Crippen molar-refractivity contribution >= 4 is 29.6 Å². The van der Waals surface area contributed by atoms with Crippen molar-refractivity contribution < 1.29 is 39.3 Å². The van der Waals surface area contributed by atoms with E-state index in [0.29, 0.717) is 11.1 Å². The van der Waals surface area contributed by atoms with E-state index in [0.717, 1.165) is 0 Å². The molecule has 41 heavy (non-hydrogen) atoms. The molecule has 2 aromatic carbocycles. The Kier molecular flexibility index (Phi) is 12.1. The minimum atomic E-state index is -1.32. The molecule has 0 aliphatic carbocycles. The van der Waals surface area contributed by atoms with E-state index in [1.165, 1.54) is 36.4 Å². The molecule has 0 heterocycles. The molecule has 0 aliphatic heterocycles. The van der Waals surface area contributed by atoms with Gasteiger partial charge in [0.1, 0.15) is 29.6 Å². The van der Waals surface area contributed by atoms with Crippen molar-refractivity contribution in [2.24, 2.45) is 17.4 Å². The predicted molar refractivity (Wildman–Crippen MR) is 148 cm³/mol. The fourth-order valence-corrected chi connectivity index (χ4v) is 3.98. The smallest absolute Gasteiger partial charge is 0.326 e. The number of aromatic hydroxyl groups is 2. The number of nitrogens with one attached hydrogen (secondary N) is 3. The number of nitrogens with two attached hydrogens (primary N) is 2. The molecule has 0 spiro atoms. The van der Waals surface area contributed by atoms with E-state index >= 15 is 0 Å². The fraction of sp³-hybridized carbons (Fsp3) is 0.393. The number of amides is 4. The van der Waals surface area contributed by atoms with Crippen molar-refractivity contribution in [2.45, 2.75) is 63.7 Å². The molecule has 10 N–H and O–H groups in total. The molecule has 0 saturated heterocycles. The maximum atomic E-state index is 13.4. The standard InChI is InChI=1S/C28H37N5O8/c1-15(2)11-21(26(38)33-23(28(40)41)13-17-5-9-19(35)10-6-17)32-27(39)22(12-16-3-7-18(34)8-4-16)31-25(37)20(29)14-24(30)36/h3-10,15,20-23,34-35H,11-14,29H2,1-2H3,(H2,30,36)(H,31,37)(H,32,39)(H,33,38)(H,40,41). The van der Waals surface area contributed by atoms with Gasteiger partial charge in [-0.3, -0.25) is 19.2 Å². The third-order valence-electron chi connectivity index (χ3n) is 6.10. The highest BCUT2D eigenvalue weighted by atomic mass is 16.4. The average Bonchev–Trinajstić information content (AvgIpc) is 2.89. The molecule has 2 aromatic rings. The van der Waals surface area contributed by atoms with Crippen molar-refractivity contribution in [1.82, 2.24) is 16.0 Å². The van der Waals surface area contributed by atoms with Gasteiger partial charge in [0.05, 0.1) is 12.5 Å². The lowest BCUT2D eigenvalue weighted by Gasteiger charge is -2.26. The zero-order chi connectivity index (χ0) is 30.7. The summed E-state index contributed by atoms with van der Waals surface area (Å²) in [6, 6.07) is 6.74. The van der Waals surface area contributed by atoms with Crippen molar-refractivity contribution in [3.05, 3.63) is 59.7 Å². The van der Waals surface area contributed by atoms with E-state index in [4.69, 9.17) is 11.5 Å². The number of carboxylic acid groups (broad SMARTS) is 1. The largest absolute Gasteiger partial charge is 0.508 e. The molecular formula is C28H37N5O8. The Morgan fingerprint density at radius 1 is 0.707 bits per heavy atom. The normalized spacial score (nSPS) is 13.9. The number of carbonyl (C=O) groups is 5. The van der Waals surface area contributed by atoms with E-state index in [2.05, 4.69) is 16.0 Å². The van der Waals surface area contributed by atoms with E-state index in [9.17, 15) is 39.3 Å². The van der Waals surface area contributed by atoms with Crippen LogP contribution in [0.15, 0.2) is 48.5 Å². The summed E-state index contributed by atoms with van der Waals surface area (Å²) >= 11 is 0. The van der Waals surface area contributed by atoms with Crippen LogP contribution in [0.25, 0.3) is 0 Å². The lowest BCUT2D eigenvalue weighted by atomic mass is 9.99. The number of primary amides is 1. The number of phenolic OH excluding ortho intramolecular Hbond substituents is 2. The number of rotatable bonds is 15. The first-order chi connectivity index (χ1) is 19.2. The van der Waals surface area contributed by atoms with Gasteiger partial charge in [0.25, 0.3) is 0 Å². The summed E-state index contributed by atoms with van der Waals surface area (Å²) in [6.07, 6.45) is -0.406. The molecule has 4 unspecified atom stereocenters. The summed E-state index contributed by atoms with van der Waals surface area (Å²) in [6.45, 7) is 3.63. The second kappa shape index (κ2) is 15.2. The molecule has 4 amide bonds. The highest BCUT2D eigenvalue weighted by molar-refractivity contribution is 5.95. The Labute approximate surface area is 237 Å². The minimum Gasteiger partial charge on any atom is -0.508 e. The second-order valence-corrected chi connectivity index (χ2v) is 10.2. The van der Waals surface area contributed by atoms with Gasteiger partial charge in [0.2, 0.25) is 23.6 Å². The van der Waals surface area contributed by atoms with Crippen LogP contribution in [0.1, 0.15) is 37.8 Å². The molecule has 0 radical (unpaired) electrons. The van der Waals surface area contributed by atoms with Crippen LogP contribution in [-0.2, 0) is 36.8 Å². The van der Waals surface area contributed by atoms with Gasteiger partial charge in [-0.25, -0.2) is 4.79 Å². The first-order valence-electron chi connectivity index (χ1n) is 13.0. The number of hydrogen-bond acceptors (Lipinski definition) is 8. The monoisotopic (exact) mass is 571 g/mol. The van der Waals surface area contributed by atoms with Gasteiger partial charge in [-0.15, -0.1) is 0 Å². The van der Waals surface area contributed by atoms with Crippen molar-refractivity contribution in [1.29, 1.82) is 0 Å². The Bertz CT molecular complexity index is 1220. The van der Waals surface area contributed by atoms with E-state index < -0.39 is 60.2 Å². The van der Waals surface area contributed by atoms with Crippen LogP contribution in [0, 0.1) is 5.92 Å². The van der Waals surface area contributed by atoms with Gasteiger partial charge in [-0.1, -0.05) is 38.1 Å². The van der Waals surface area contributed by atoms with E-state index in [1.54, 1.807) is 12.1 Å². The molecule has 13 heteroatoms. The third-order valence-corrected chi connectivity index (χ3v) is 6.10. The summed E-state index contributed by atoms with van der Waals surface area (Å²) in [5.41, 5.74) is 12.0. The number of carboxylic acids is 1. The van der Waals surface area contributed by atoms with Crippen molar-refractivity contribution in [3.8, 4) is 11.5 Å². The predicted octanol–water partition coefficient (Wildman–Crippen LogP) is -0.329. The summed E-state index contributed by atoms with van der Waals surface area (Å²) < 4.78 is 0. The molecule has 4 atom stereocenters. The van der Waals surface area contributed by atoms with Gasteiger partial charge < -0.3 is 42.7 Å². The van der Waals surface area contributed by atoms with Gasteiger partial charge in [0, 0.05) is 12.8 Å². The summed E-state index contributed by atoms with van der Waals surface area (Å²) in [7, 11) is 0. The molecule has 0 aromatic heterocycles. The molecule has 222 valence electrons. The minimum absolute atomic E-state index is 0.00350. The molecule has 0 bridgehead atoms. The maximum absolute atomic E-state index is 13.4. The Morgan fingerprint density at radius 2 is 1.12 bits per heavy atom. The lowest BCUT2D eigenvalue weighted by molar-refractivity contribution is -0.142. The van der Waals surface area contributed by atoms with Gasteiger partial charge in [-0.05, 0) is 47.7 Å². The van der Waals surface area contributed by atoms with Crippen LogP contribution in [0.3, 0.4) is 0 Å². The molecule has 13 nitrogen and oxygen atoms in total. The fourth-order valence-electron chi connectivity index (χ4n) is 3.98. The average molecular weight is 572 g/mol. The summed E-state index contributed by atoms with van der Waals surface area (Å²) in [5, 5.41) is 36.3. The highest BCUT2D eigenvalue weighted by Crippen LogP contribution is 2.14. The first kappa shape index (κ1) is 32.6. The van der Waals surface area contributed by atoms with Crippen LogP contribution >= 0.6 is 0 Å². The van der Waals surface area contributed by atoms with E-state index in [1.807, 2.05) is 13.8 Å². The number of aliphatic carboxylic acids is 1. The quantitative estimate of drug-likeness (QED) is 0.140. The first-order valence-corrected chi connectivity index (χ1v) is 13.0. The SMILES string of the molecule is CC(C)CC(NC(=O)C(Cc1ccc(O)cc1)NC(=O)C(N)CC(N)=O)C(=O)NC(Cc1ccc(O)cc1)C(=O)O. The second-order valence-electron chi connectivity index (χ2n) is 10.2. The Balaban J connectivity index is 2.24. The molecule has 2 rings (SSSR count). The van der Waals surface area contributed by atoms with Gasteiger partial charge in [0.15, 0.2) is 0 Å². The molecule has 0 saturated carbocycles. The van der Waals surface area contributed by atoms with Crippen LogP contribution in [0.5, 0.6) is 11.5 Å². The van der Waals surface area contributed by atoms with Gasteiger partial charge in [-0.2, -0.15) is 0 Å². The van der Waals surface area contributed by atoms with Crippen molar-refractivity contribution in [2.75, 3.05) is 0 Å². The zero-order valence-electron chi connectivity index (χ0n) is 22.9. The van der Waals surface area contributed by atoms with Crippen LogP contribution in [0.2, 0.25) is 0 Å². The maximum Gasteiger partial charge on any atom is 0.326 e. The Hall–Kier alpha value is -4.65. The molecule has 0 fully saturated rings. The highest BCUT2D eigenvalue weighted by Gasteiger charge is 2.31. The topological polar surface area (TPSA) is 234 Å². The zero-order valence-corrected chi connectivity index (χ0v) is 22.9. The molecule has 0 aliphatic rings. The Morgan fingerprint density at radius 3 is 1.56 bits per heavy atom. The van der Waals surface area contributed by atoms with Crippen LogP contribution in [0.4, 0.5) is 0 Å². The van der Waals surface area contributed by atoms with E-state index in [-0.39, 0.29) is 36.7 Å². The molecular weight excluding hydrogens is 534 g/mol. The van der Waals surface area contributed by atoms with Crippen LogP contribution < -0.4 is 27.4 Å². The number of benzene rings is 2.